The van der Waals surface area contributed by atoms with Crippen LogP contribution in [-0.2, 0) is 9.63 Å². The van der Waals surface area contributed by atoms with Crippen molar-refractivity contribution >= 4 is 27.7 Å². The van der Waals surface area contributed by atoms with Crippen molar-refractivity contribution in [3.8, 4) is 5.88 Å². The van der Waals surface area contributed by atoms with Gasteiger partial charge in [-0.1, -0.05) is 5.16 Å². The largest absolute Gasteiger partial charge is 0.480 e. The Kier molecular flexibility index (Phi) is 3.66. The molecule has 0 spiro atoms. The number of carboxylic acids is 1. The lowest BCUT2D eigenvalue weighted by Crippen LogP contribution is -2.47. The van der Waals surface area contributed by atoms with Crippen molar-refractivity contribution in [1.82, 2.24) is 10.3 Å². The number of rotatable bonds is 3. The van der Waals surface area contributed by atoms with Gasteiger partial charge in [0.2, 0.25) is 5.88 Å². The van der Waals surface area contributed by atoms with Crippen molar-refractivity contribution in [2.45, 2.75) is 6.04 Å². The third-order valence-electron chi connectivity index (χ3n) is 2.26. The molecule has 0 fully saturated rings. The molecule has 2 heterocycles. The molecule has 0 radical (unpaired) electrons. The summed E-state index contributed by atoms with van der Waals surface area (Å²) >= 11 is 3.28. The number of ether oxygens (including phenoxy) is 1. The Labute approximate surface area is 111 Å². The normalized spacial score (nSPS) is 18.3. The van der Waals surface area contributed by atoms with Gasteiger partial charge in [0.25, 0.3) is 0 Å². The van der Waals surface area contributed by atoms with Gasteiger partial charge in [0.15, 0.2) is 11.9 Å². The van der Waals surface area contributed by atoms with E-state index >= 15 is 0 Å². The summed E-state index contributed by atoms with van der Waals surface area (Å²) in [4.78, 5) is 19.9. The van der Waals surface area contributed by atoms with Gasteiger partial charge in [-0.25, -0.2) is 9.78 Å². The number of carbonyl (C=O) groups is 1. The van der Waals surface area contributed by atoms with Gasteiger partial charge in [0.1, 0.15) is 12.3 Å². The van der Waals surface area contributed by atoms with E-state index in [1.54, 1.807) is 12.1 Å². The highest BCUT2D eigenvalue weighted by atomic mass is 79.9. The van der Waals surface area contributed by atoms with E-state index in [1.165, 1.54) is 7.11 Å². The average molecular weight is 316 g/mol. The van der Waals surface area contributed by atoms with Crippen LogP contribution < -0.4 is 10.1 Å². The fourth-order valence-corrected chi connectivity index (χ4v) is 1.74. The predicted octanol–water partition coefficient (Wildman–Crippen LogP) is 0.587. The summed E-state index contributed by atoms with van der Waals surface area (Å²) in [5.74, 6) is -0.361. The first kappa shape index (κ1) is 12.6. The van der Waals surface area contributed by atoms with Crippen LogP contribution in [-0.4, -0.2) is 41.7 Å². The van der Waals surface area contributed by atoms with Crippen LogP contribution in [0.15, 0.2) is 21.8 Å². The lowest BCUT2D eigenvalue weighted by atomic mass is 10.2. The molecule has 96 valence electrons. The van der Waals surface area contributed by atoms with Crippen molar-refractivity contribution < 1.29 is 19.5 Å². The average Bonchev–Trinajstić information content (AvgIpc) is 2.39. The lowest BCUT2D eigenvalue weighted by Gasteiger charge is -2.20. The van der Waals surface area contributed by atoms with Gasteiger partial charge in [0, 0.05) is 0 Å². The van der Waals surface area contributed by atoms with Gasteiger partial charge >= 0.3 is 5.97 Å². The van der Waals surface area contributed by atoms with Gasteiger partial charge in [-0.3, -0.25) is 0 Å². The summed E-state index contributed by atoms with van der Waals surface area (Å²) in [6.07, 6.45) is 0. The summed E-state index contributed by atoms with van der Waals surface area (Å²) < 4.78 is 5.75. The number of nitrogens with zero attached hydrogens (tertiary/aromatic N) is 2. The highest BCUT2D eigenvalue weighted by molar-refractivity contribution is 9.10. The fourth-order valence-electron chi connectivity index (χ4n) is 1.36. The molecule has 7 nitrogen and oxygen atoms in total. The molecule has 1 unspecified atom stereocenters. The van der Waals surface area contributed by atoms with Crippen LogP contribution in [0, 0.1) is 0 Å². The highest BCUT2D eigenvalue weighted by Crippen LogP contribution is 2.22. The van der Waals surface area contributed by atoms with Crippen molar-refractivity contribution in [2.75, 3.05) is 13.7 Å². The standard InChI is InChI=1S/C10H10BrN3O4/c1-17-9-5(11)2-3-6(13-9)8-12-7(10(15)16)4-18-14-8/h2-3,7H,4H2,1H3,(H,12,14)(H,15,16). The molecule has 0 saturated heterocycles. The molecule has 1 aromatic heterocycles. The van der Waals surface area contributed by atoms with Crippen LogP contribution in [0.1, 0.15) is 5.69 Å². The third-order valence-corrected chi connectivity index (χ3v) is 2.86. The van der Waals surface area contributed by atoms with E-state index in [0.29, 0.717) is 16.0 Å². The van der Waals surface area contributed by atoms with E-state index in [1.807, 2.05) is 0 Å². The Morgan fingerprint density at radius 2 is 2.44 bits per heavy atom. The van der Waals surface area contributed by atoms with E-state index in [0.717, 1.165) is 0 Å². The van der Waals surface area contributed by atoms with E-state index < -0.39 is 12.0 Å². The maximum atomic E-state index is 10.9. The fraction of sp³-hybridized carbons (Fsp3) is 0.300. The first-order valence-corrected chi connectivity index (χ1v) is 5.81. The maximum absolute atomic E-state index is 10.9. The van der Waals surface area contributed by atoms with E-state index in [4.69, 9.17) is 14.7 Å². The number of nitrogens with one attached hydrogen (secondary N) is 1. The number of aromatic nitrogens is 1. The van der Waals surface area contributed by atoms with Crippen LogP contribution in [0.3, 0.4) is 0 Å². The number of hydrogen-bond acceptors (Lipinski definition) is 6. The summed E-state index contributed by atoms with van der Waals surface area (Å²) in [7, 11) is 1.49. The zero-order valence-corrected chi connectivity index (χ0v) is 11.0. The molecule has 18 heavy (non-hydrogen) atoms. The van der Waals surface area contributed by atoms with E-state index in [-0.39, 0.29) is 12.4 Å². The van der Waals surface area contributed by atoms with Crippen molar-refractivity contribution in [3.05, 3.63) is 22.3 Å². The summed E-state index contributed by atoms with van der Waals surface area (Å²) in [5.41, 5.74) is 0.445. The summed E-state index contributed by atoms with van der Waals surface area (Å²) in [6.45, 7) is -0.0213. The number of carboxylic acid groups (broad SMARTS) is 1. The van der Waals surface area contributed by atoms with Crippen LogP contribution >= 0.6 is 15.9 Å². The second-order valence-electron chi connectivity index (χ2n) is 3.46. The van der Waals surface area contributed by atoms with Crippen molar-refractivity contribution in [1.29, 1.82) is 0 Å². The van der Waals surface area contributed by atoms with Gasteiger partial charge in [0.05, 0.1) is 11.6 Å². The summed E-state index contributed by atoms with van der Waals surface area (Å²) in [6, 6.07) is 2.57. The maximum Gasteiger partial charge on any atom is 0.329 e. The van der Waals surface area contributed by atoms with E-state index in [2.05, 4.69) is 31.4 Å². The Hall–Kier alpha value is -1.83. The second kappa shape index (κ2) is 5.21. The van der Waals surface area contributed by atoms with E-state index in [9.17, 15) is 4.79 Å². The molecular weight excluding hydrogens is 306 g/mol. The minimum atomic E-state index is -1.01. The SMILES string of the molecule is COc1nc(C2=NOCC(C(=O)O)N2)ccc1Br. The minimum absolute atomic E-state index is 0.0213. The number of methoxy groups -OCH3 is 1. The first-order valence-electron chi connectivity index (χ1n) is 5.02. The molecule has 0 saturated carbocycles. The molecule has 1 aliphatic rings. The molecule has 2 rings (SSSR count). The number of halogens is 1. The Bertz CT molecular complexity index is 506. The predicted molar refractivity (Wildman–Crippen MR) is 65.5 cm³/mol. The quantitative estimate of drug-likeness (QED) is 0.848. The molecule has 1 atom stereocenters. The zero-order chi connectivity index (χ0) is 13.1. The molecule has 0 aromatic carbocycles. The van der Waals surface area contributed by atoms with Gasteiger partial charge < -0.3 is 20.0 Å². The molecule has 1 aliphatic heterocycles. The molecule has 0 amide bonds. The summed E-state index contributed by atoms with van der Waals surface area (Å²) in [5, 5.41) is 15.4. The van der Waals surface area contributed by atoms with Crippen LogP contribution in [0.2, 0.25) is 0 Å². The van der Waals surface area contributed by atoms with Crippen molar-refractivity contribution in [2.24, 2.45) is 5.16 Å². The van der Waals surface area contributed by atoms with Gasteiger partial charge in [-0.2, -0.15) is 0 Å². The number of pyridine rings is 1. The smallest absolute Gasteiger partial charge is 0.329 e. The lowest BCUT2D eigenvalue weighted by molar-refractivity contribution is -0.141. The van der Waals surface area contributed by atoms with Gasteiger partial charge in [-0.05, 0) is 28.1 Å². The Balaban J connectivity index is 2.26. The van der Waals surface area contributed by atoms with Crippen LogP contribution in [0.25, 0.3) is 0 Å². The first-order chi connectivity index (χ1) is 8.61. The topological polar surface area (TPSA) is 93.0 Å². The second-order valence-corrected chi connectivity index (χ2v) is 4.31. The van der Waals surface area contributed by atoms with Gasteiger partial charge in [-0.15, -0.1) is 0 Å². The molecule has 0 aliphatic carbocycles. The highest BCUT2D eigenvalue weighted by Gasteiger charge is 2.25. The number of hydrogen-bond donors (Lipinski definition) is 2. The Morgan fingerprint density at radius 3 is 3.11 bits per heavy atom. The minimum Gasteiger partial charge on any atom is -0.480 e. The zero-order valence-electron chi connectivity index (χ0n) is 9.38. The monoisotopic (exact) mass is 315 g/mol. The number of amidine groups is 1. The van der Waals surface area contributed by atoms with Crippen molar-refractivity contribution in [3.63, 3.8) is 0 Å². The Morgan fingerprint density at radius 1 is 1.67 bits per heavy atom. The number of aliphatic carboxylic acids is 1. The van der Waals surface area contributed by atoms with Crippen LogP contribution in [0.4, 0.5) is 0 Å². The molecule has 1 aromatic rings. The molecule has 8 heteroatoms. The number of oxime groups is 1. The molecule has 2 N–H and O–H groups in total. The molecular formula is C10H10BrN3O4. The third kappa shape index (κ3) is 2.53. The molecule has 0 bridgehead atoms. The van der Waals surface area contributed by atoms with Crippen LogP contribution in [0.5, 0.6) is 5.88 Å².